The summed E-state index contributed by atoms with van der Waals surface area (Å²) in [7, 11) is 2.19. The Morgan fingerprint density at radius 3 is 3.00 bits per heavy atom. The Bertz CT molecular complexity index is 325. The highest BCUT2D eigenvalue weighted by atomic mass is 79.9. The van der Waals surface area contributed by atoms with Crippen LogP contribution in [0.5, 0.6) is 0 Å². The van der Waals surface area contributed by atoms with Crippen molar-refractivity contribution in [2.75, 3.05) is 25.5 Å². The van der Waals surface area contributed by atoms with Crippen LogP contribution < -0.4 is 5.32 Å². The molecule has 2 rings (SSSR count). The van der Waals surface area contributed by atoms with Gasteiger partial charge in [-0.2, -0.15) is 0 Å². The number of aromatic nitrogens is 1. The lowest BCUT2D eigenvalue weighted by molar-refractivity contribution is 0.337. The summed E-state index contributed by atoms with van der Waals surface area (Å²) in [6.45, 7) is 2.04. The van der Waals surface area contributed by atoms with Crippen LogP contribution in [0.4, 0.5) is 5.82 Å². The lowest BCUT2D eigenvalue weighted by Crippen LogP contribution is -2.27. The van der Waals surface area contributed by atoms with Crippen LogP contribution in [-0.4, -0.2) is 36.1 Å². The van der Waals surface area contributed by atoms with Crippen LogP contribution in [0, 0.1) is 0 Å². The minimum Gasteiger partial charge on any atom is -0.369 e. The van der Waals surface area contributed by atoms with E-state index in [1.807, 2.05) is 18.2 Å². The first kappa shape index (κ1) is 10.9. The number of nitrogens with one attached hydrogen (secondary N) is 1. The van der Waals surface area contributed by atoms with Crippen molar-refractivity contribution in [1.29, 1.82) is 0 Å². The van der Waals surface area contributed by atoms with Gasteiger partial charge in [-0.1, -0.05) is 6.07 Å². The largest absolute Gasteiger partial charge is 0.369 e. The summed E-state index contributed by atoms with van der Waals surface area (Å²) in [5.74, 6) is 0.938. The molecule has 1 aromatic heterocycles. The molecule has 0 bridgehead atoms. The first-order valence-corrected chi connectivity index (χ1v) is 6.11. The Labute approximate surface area is 99.0 Å². The van der Waals surface area contributed by atoms with Crippen molar-refractivity contribution in [2.24, 2.45) is 0 Å². The number of rotatable bonds is 5. The van der Waals surface area contributed by atoms with Crippen LogP contribution >= 0.6 is 15.9 Å². The van der Waals surface area contributed by atoms with Gasteiger partial charge in [0.1, 0.15) is 10.4 Å². The molecule has 1 aliphatic carbocycles. The zero-order valence-corrected chi connectivity index (χ0v) is 10.5. The summed E-state index contributed by atoms with van der Waals surface area (Å²) >= 11 is 3.35. The third-order valence-electron chi connectivity index (χ3n) is 2.66. The zero-order valence-electron chi connectivity index (χ0n) is 8.91. The number of halogens is 1. The summed E-state index contributed by atoms with van der Waals surface area (Å²) in [5.41, 5.74) is 0. The van der Waals surface area contributed by atoms with Crippen molar-refractivity contribution >= 4 is 21.7 Å². The second-order valence-corrected chi connectivity index (χ2v) is 4.80. The number of hydrogen-bond acceptors (Lipinski definition) is 3. The lowest BCUT2D eigenvalue weighted by atomic mass is 10.4. The highest BCUT2D eigenvalue weighted by Crippen LogP contribution is 2.24. The predicted octanol–water partition coefficient (Wildman–Crippen LogP) is 2.35. The topological polar surface area (TPSA) is 28.2 Å². The Kier molecular flexibility index (Phi) is 3.59. The van der Waals surface area contributed by atoms with Gasteiger partial charge in [0.2, 0.25) is 0 Å². The monoisotopic (exact) mass is 269 g/mol. The maximum atomic E-state index is 4.32. The molecule has 0 saturated heterocycles. The molecule has 0 radical (unpaired) electrons. The number of anilines is 1. The van der Waals surface area contributed by atoms with Gasteiger partial charge >= 0.3 is 0 Å². The summed E-state index contributed by atoms with van der Waals surface area (Å²) in [6.07, 6.45) is 2.73. The fourth-order valence-electron chi connectivity index (χ4n) is 1.56. The molecule has 1 aliphatic rings. The number of nitrogens with zero attached hydrogens (tertiary/aromatic N) is 2. The molecular weight excluding hydrogens is 254 g/mol. The van der Waals surface area contributed by atoms with Crippen molar-refractivity contribution in [2.45, 2.75) is 18.9 Å². The number of hydrogen-bond donors (Lipinski definition) is 1. The molecule has 82 valence electrons. The second kappa shape index (κ2) is 4.94. The van der Waals surface area contributed by atoms with E-state index in [-0.39, 0.29) is 0 Å². The molecule has 4 heteroatoms. The van der Waals surface area contributed by atoms with E-state index in [0.717, 1.165) is 29.6 Å². The summed E-state index contributed by atoms with van der Waals surface area (Å²) in [4.78, 5) is 6.73. The van der Waals surface area contributed by atoms with Gasteiger partial charge in [0.25, 0.3) is 0 Å². The SMILES string of the molecule is CN(CCNc1cccc(Br)n1)C1CC1. The van der Waals surface area contributed by atoms with E-state index in [2.05, 4.69) is 38.2 Å². The molecular formula is C11H16BrN3. The van der Waals surface area contributed by atoms with Gasteiger partial charge in [0.15, 0.2) is 0 Å². The first-order valence-electron chi connectivity index (χ1n) is 5.32. The summed E-state index contributed by atoms with van der Waals surface area (Å²) in [5, 5.41) is 3.32. The van der Waals surface area contributed by atoms with Crippen LogP contribution in [0.2, 0.25) is 0 Å². The van der Waals surface area contributed by atoms with Crippen molar-refractivity contribution in [3.8, 4) is 0 Å². The lowest BCUT2D eigenvalue weighted by Gasteiger charge is -2.15. The van der Waals surface area contributed by atoms with Crippen LogP contribution in [-0.2, 0) is 0 Å². The molecule has 1 saturated carbocycles. The third-order valence-corrected chi connectivity index (χ3v) is 3.10. The molecule has 1 N–H and O–H groups in total. The van der Waals surface area contributed by atoms with Gasteiger partial charge < -0.3 is 10.2 Å². The molecule has 0 spiro atoms. The van der Waals surface area contributed by atoms with E-state index in [0.29, 0.717) is 0 Å². The normalized spacial score (nSPS) is 15.7. The standard InChI is InChI=1S/C11H16BrN3/c1-15(9-5-6-9)8-7-13-11-4-2-3-10(12)14-11/h2-4,9H,5-8H2,1H3,(H,13,14). The molecule has 0 aromatic carbocycles. The Balaban J connectivity index is 1.73. The zero-order chi connectivity index (χ0) is 10.7. The van der Waals surface area contributed by atoms with E-state index >= 15 is 0 Å². The van der Waals surface area contributed by atoms with Crippen LogP contribution in [0.3, 0.4) is 0 Å². The quantitative estimate of drug-likeness (QED) is 0.832. The fraction of sp³-hybridized carbons (Fsp3) is 0.545. The van der Waals surface area contributed by atoms with Gasteiger partial charge in [-0.25, -0.2) is 4.98 Å². The highest BCUT2D eigenvalue weighted by Gasteiger charge is 2.25. The van der Waals surface area contributed by atoms with Gasteiger partial charge in [0, 0.05) is 19.1 Å². The molecule has 0 aliphatic heterocycles. The molecule has 15 heavy (non-hydrogen) atoms. The maximum absolute atomic E-state index is 4.32. The van der Waals surface area contributed by atoms with Gasteiger partial charge in [0.05, 0.1) is 0 Å². The van der Waals surface area contributed by atoms with Crippen molar-refractivity contribution < 1.29 is 0 Å². The second-order valence-electron chi connectivity index (χ2n) is 3.98. The minimum atomic E-state index is 0.835. The summed E-state index contributed by atoms with van der Waals surface area (Å²) < 4.78 is 0.878. The predicted molar refractivity (Wildman–Crippen MR) is 66.1 cm³/mol. The third kappa shape index (κ3) is 3.47. The van der Waals surface area contributed by atoms with Gasteiger partial charge in [-0.15, -0.1) is 0 Å². The van der Waals surface area contributed by atoms with E-state index in [1.165, 1.54) is 12.8 Å². The average Bonchev–Trinajstić information content (AvgIpc) is 3.00. The molecule has 0 amide bonds. The van der Waals surface area contributed by atoms with Crippen molar-refractivity contribution in [1.82, 2.24) is 9.88 Å². The number of likely N-dealkylation sites (N-methyl/N-ethyl adjacent to an activating group) is 1. The molecule has 1 heterocycles. The van der Waals surface area contributed by atoms with Crippen LogP contribution in [0.25, 0.3) is 0 Å². The van der Waals surface area contributed by atoms with E-state index in [4.69, 9.17) is 0 Å². The van der Waals surface area contributed by atoms with E-state index in [9.17, 15) is 0 Å². The minimum absolute atomic E-state index is 0.835. The Hall–Kier alpha value is -0.610. The Morgan fingerprint density at radius 1 is 1.53 bits per heavy atom. The van der Waals surface area contributed by atoms with E-state index < -0.39 is 0 Å². The van der Waals surface area contributed by atoms with Crippen molar-refractivity contribution in [3.05, 3.63) is 22.8 Å². The number of pyridine rings is 1. The van der Waals surface area contributed by atoms with Gasteiger partial charge in [-0.05, 0) is 48.0 Å². The summed E-state index contributed by atoms with van der Waals surface area (Å²) in [6, 6.07) is 6.75. The average molecular weight is 270 g/mol. The Morgan fingerprint density at radius 2 is 2.33 bits per heavy atom. The molecule has 1 fully saturated rings. The molecule has 0 unspecified atom stereocenters. The van der Waals surface area contributed by atoms with Crippen molar-refractivity contribution in [3.63, 3.8) is 0 Å². The fourth-order valence-corrected chi connectivity index (χ4v) is 1.91. The molecule has 1 aromatic rings. The van der Waals surface area contributed by atoms with E-state index in [1.54, 1.807) is 0 Å². The van der Waals surface area contributed by atoms with Gasteiger partial charge in [-0.3, -0.25) is 0 Å². The first-order chi connectivity index (χ1) is 7.25. The molecule has 3 nitrogen and oxygen atoms in total. The molecule has 0 atom stereocenters. The maximum Gasteiger partial charge on any atom is 0.127 e. The van der Waals surface area contributed by atoms with Crippen LogP contribution in [0.1, 0.15) is 12.8 Å². The smallest absolute Gasteiger partial charge is 0.127 e. The highest BCUT2D eigenvalue weighted by molar-refractivity contribution is 9.10. The van der Waals surface area contributed by atoms with Crippen LogP contribution in [0.15, 0.2) is 22.8 Å².